The molecule has 0 bridgehead atoms. The first-order valence-corrected chi connectivity index (χ1v) is 6.79. The number of Topliss-reactive ketones (excluding diaryl/α,β-unsaturated/α-hetero) is 1. The van der Waals surface area contributed by atoms with Gasteiger partial charge in [-0.25, -0.2) is 0 Å². The van der Waals surface area contributed by atoms with Gasteiger partial charge in [0.1, 0.15) is 0 Å². The van der Waals surface area contributed by atoms with Gasteiger partial charge in [-0.15, -0.1) is 0 Å². The maximum absolute atomic E-state index is 12.0. The molecule has 118 valence electrons. The summed E-state index contributed by atoms with van der Waals surface area (Å²) < 4.78 is 0. The second-order valence-corrected chi connectivity index (χ2v) is 5.60. The fourth-order valence-electron chi connectivity index (χ4n) is 1.57. The zero-order chi connectivity index (χ0) is 16.6. The van der Waals surface area contributed by atoms with Crippen LogP contribution >= 0.6 is 0 Å². The molecule has 1 rings (SSSR count). The van der Waals surface area contributed by atoms with Crippen molar-refractivity contribution in [1.82, 2.24) is 5.32 Å². The maximum atomic E-state index is 12.0. The Morgan fingerprint density at radius 3 is 2.19 bits per heavy atom. The molecular weight excluding hydrogens is 270 g/mol. The summed E-state index contributed by atoms with van der Waals surface area (Å²) in [6.07, 6.45) is 0. The van der Waals surface area contributed by atoms with E-state index in [2.05, 4.69) is 5.32 Å². The van der Waals surface area contributed by atoms with Crippen LogP contribution in [-0.2, 0) is 0 Å². The van der Waals surface area contributed by atoms with Crippen molar-refractivity contribution in [2.24, 2.45) is 5.92 Å². The molecule has 0 aliphatic heterocycles. The average molecular weight is 295 g/mol. The number of aliphatic hydroxyl groups is 2. The van der Waals surface area contributed by atoms with Crippen molar-refractivity contribution in [2.75, 3.05) is 13.7 Å². The summed E-state index contributed by atoms with van der Waals surface area (Å²) in [5.41, 5.74) is 0.271. The summed E-state index contributed by atoms with van der Waals surface area (Å²) in [5.74, 6) is -0.388. The van der Waals surface area contributed by atoms with Gasteiger partial charge in [-0.2, -0.15) is 0 Å². The van der Waals surface area contributed by atoms with E-state index in [1.54, 1.807) is 38.1 Å². The summed E-state index contributed by atoms with van der Waals surface area (Å²) in [6, 6.07) is 6.64. The molecule has 0 heterocycles. The Balaban J connectivity index is 0.00000191. The molecule has 0 spiro atoms. The number of benzene rings is 1. The van der Waals surface area contributed by atoms with Crippen LogP contribution in [0.25, 0.3) is 0 Å². The summed E-state index contributed by atoms with van der Waals surface area (Å²) >= 11 is 0. The minimum atomic E-state index is -0.685. The number of nitrogens with one attached hydrogen (secondary N) is 1. The third-order valence-electron chi connectivity index (χ3n) is 2.78. The Labute approximate surface area is 126 Å². The smallest absolute Gasteiger partial charge is 0.251 e. The topological polar surface area (TPSA) is 86.6 Å². The van der Waals surface area contributed by atoms with Gasteiger partial charge >= 0.3 is 0 Å². The summed E-state index contributed by atoms with van der Waals surface area (Å²) in [4.78, 5) is 23.9. The maximum Gasteiger partial charge on any atom is 0.251 e. The summed E-state index contributed by atoms with van der Waals surface area (Å²) in [6.45, 7) is 6.96. The van der Waals surface area contributed by atoms with Crippen LogP contribution in [0.5, 0.6) is 0 Å². The van der Waals surface area contributed by atoms with Crippen molar-refractivity contribution < 1.29 is 19.8 Å². The van der Waals surface area contributed by atoms with Crippen LogP contribution in [0.1, 0.15) is 48.4 Å². The molecule has 1 aromatic rings. The molecule has 3 N–H and O–H groups in total. The Kier molecular flexibility index (Phi) is 7.84. The number of ketones is 1. The van der Waals surface area contributed by atoms with Crippen molar-refractivity contribution in [1.29, 1.82) is 0 Å². The van der Waals surface area contributed by atoms with E-state index in [0.717, 1.165) is 7.11 Å². The fraction of sp³-hybridized carbons (Fsp3) is 0.500. The molecule has 1 aromatic carbocycles. The van der Waals surface area contributed by atoms with E-state index in [1.807, 2.05) is 13.8 Å². The number of aliphatic hydroxyl groups excluding tert-OH is 2. The Morgan fingerprint density at radius 2 is 1.71 bits per heavy atom. The lowest BCUT2D eigenvalue weighted by atomic mass is 9.98. The van der Waals surface area contributed by atoms with E-state index in [1.165, 1.54) is 0 Å². The molecular formula is C16H25NO4. The molecule has 0 saturated carbocycles. The lowest BCUT2D eigenvalue weighted by Gasteiger charge is -2.23. The van der Waals surface area contributed by atoms with Gasteiger partial charge < -0.3 is 15.5 Å². The van der Waals surface area contributed by atoms with Gasteiger partial charge in [0.05, 0.1) is 12.1 Å². The quantitative estimate of drug-likeness (QED) is 0.721. The van der Waals surface area contributed by atoms with Crippen molar-refractivity contribution >= 4 is 11.7 Å². The molecule has 0 aliphatic rings. The normalized spacial score (nSPS) is 10.7. The van der Waals surface area contributed by atoms with Gasteiger partial charge in [0.2, 0.25) is 0 Å². The van der Waals surface area contributed by atoms with Crippen LogP contribution in [0.4, 0.5) is 0 Å². The summed E-state index contributed by atoms with van der Waals surface area (Å²) in [7, 11) is 1.00. The van der Waals surface area contributed by atoms with Gasteiger partial charge in [-0.1, -0.05) is 26.0 Å². The van der Waals surface area contributed by atoms with Crippen LogP contribution < -0.4 is 5.32 Å². The molecule has 0 atom stereocenters. The zero-order valence-corrected chi connectivity index (χ0v) is 13.3. The van der Waals surface area contributed by atoms with Crippen LogP contribution in [0, 0.1) is 5.92 Å². The molecule has 5 heteroatoms. The van der Waals surface area contributed by atoms with Gasteiger partial charge in [-0.3, -0.25) is 9.59 Å². The van der Waals surface area contributed by atoms with Crippen LogP contribution in [0.15, 0.2) is 24.3 Å². The largest absolute Gasteiger partial charge is 0.400 e. The van der Waals surface area contributed by atoms with E-state index in [4.69, 9.17) is 10.2 Å². The van der Waals surface area contributed by atoms with Gasteiger partial charge in [0, 0.05) is 24.2 Å². The lowest BCUT2D eigenvalue weighted by molar-refractivity contribution is 0.0869. The highest BCUT2D eigenvalue weighted by Crippen LogP contribution is 2.12. The molecule has 21 heavy (non-hydrogen) atoms. The van der Waals surface area contributed by atoms with Crippen LogP contribution in [0.3, 0.4) is 0 Å². The average Bonchev–Trinajstić information content (AvgIpc) is 2.48. The first kappa shape index (κ1) is 19.3. The monoisotopic (exact) mass is 295 g/mol. The summed E-state index contributed by atoms with van der Waals surface area (Å²) in [5, 5.41) is 18.9. The zero-order valence-electron chi connectivity index (χ0n) is 13.3. The number of hydrogen-bond donors (Lipinski definition) is 3. The molecule has 0 aliphatic carbocycles. The molecule has 1 amide bonds. The van der Waals surface area contributed by atoms with E-state index < -0.39 is 5.54 Å². The molecule has 0 radical (unpaired) electrons. The minimum absolute atomic E-state index is 0.0102. The highest BCUT2D eigenvalue weighted by molar-refractivity contribution is 6.01. The standard InChI is InChI=1S/C15H21NO3.CH4O/c1-10(2)13(18)11-6-5-7-12(8-11)14(19)16-15(3,4)9-17;1-2/h5-8,10,17H,9H2,1-4H3,(H,16,19);2H,1H3. The predicted molar refractivity (Wildman–Crippen MR) is 82.4 cm³/mol. The van der Waals surface area contributed by atoms with E-state index in [9.17, 15) is 9.59 Å². The number of carbonyl (C=O) groups excluding carboxylic acids is 2. The van der Waals surface area contributed by atoms with Crippen molar-refractivity contribution in [2.45, 2.75) is 33.2 Å². The molecule has 0 aromatic heterocycles. The third-order valence-corrected chi connectivity index (χ3v) is 2.78. The van der Waals surface area contributed by atoms with E-state index in [-0.39, 0.29) is 24.2 Å². The number of amides is 1. The third kappa shape index (κ3) is 6.06. The van der Waals surface area contributed by atoms with Gasteiger partial charge in [-0.05, 0) is 26.0 Å². The van der Waals surface area contributed by atoms with Crippen molar-refractivity contribution in [3.05, 3.63) is 35.4 Å². The van der Waals surface area contributed by atoms with E-state index >= 15 is 0 Å². The number of carbonyl (C=O) groups is 2. The van der Waals surface area contributed by atoms with E-state index in [0.29, 0.717) is 11.1 Å². The van der Waals surface area contributed by atoms with Crippen LogP contribution in [-0.4, -0.2) is 41.2 Å². The first-order chi connectivity index (χ1) is 9.76. The van der Waals surface area contributed by atoms with Crippen molar-refractivity contribution in [3.63, 3.8) is 0 Å². The SMILES string of the molecule is CC(C)C(=O)c1cccc(C(=O)NC(C)(C)CO)c1.CO. The second kappa shape index (κ2) is 8.54. The number of rotatable bonds is 5. The van der Waals surface area contributed by atoms with Crippen molar-refractivity contribution in [3.8, 4) is 0 Å². The lowest BCUT2D eigenvalue weighted by Crippen LogP contribution is -2.46. The molecule has 0 fully saturated rings. The predicted octanol–water partition coefficient (Wildman–Crippen LogP) is 1.63. The fourth-order valence-corrected chi connectivity index (χ4v) is 1.57. The van der Waals surface area contributed by atoms with Crippen LogP contribution in [0.2, 0.25) is 0 Å². The highest BCUT2D eigenvalue weighted by Gasteiger charge is 2.20. The Morgan fingerprint density at radius 1 is 1.19 bits per heavy atom. The van der Waals surface area contributed by atoms with Gasteiger partial charge in [0.15, 0.2) is 5.78 Å². The molecule has 5 nitrogen and oxygen atoms in total. The highest BCUT2D eigenvalue weighted by atomic mass is 16.3. The number of hydrogen-bond acceptors (Lipinski definition) is 4. The molecule has 0 unspecified atom stereocenters. The van der Waals surface area contributed by atoms with Gasteiger partial charge in [0.25, 0.3) is 5.91 Å². The molecule has 0 saturated heterocycles. The second-order valence-electron chi connectivity index (χ2n) is 5.60. The Bertz CT molecular complexity index is 481. The first-order valence-electron chi connectivity index (χ1n) is 6.79. The Hall–Kier alpha value is -1.72. The minimum Gasteiger partial charge on any atom is -0.400 e.